The van der Waals surface area contributed by atoms with E-state index in [-0.39, 0.29) is 0 Å². The third-order valence-corrected chi connectivity index (χ3v) is 4.55. The van der Waals surface area contributed by atoms with Gasteiger partial charge in [0.15, 0.2) is 0 Å². The Morgan fingerprint density at radius 1 is 1.32 bits per heavy atom. The minimum atomic E-state index is -0.625. The fourth-order valence-electron chi connectivity index (χ4n) is 3.13. The molecule has 1 aliphatic carbocycles. The normalized spacial score (nSPS) is 27.3. The van der Waals surface area contributed by atoms with Crippen LogP contribution in [-0.4, -0.2) is 30.3 Å². The van der Waals surface area contributed by atoms with Crippen molar-refractivity contribution >= 4 is 5.69 Å². The van der Waals surface area contributed by atoms with Crippen LogP contribution in [0.1, 0.15) is 36.8 Å². The zero-order valence-corrected chi connectivity index (χ0v) is 12.3. The fraction of sp³-hybridized carbons (Fsp3) is 0.625. The predicted molar refractivity (Wildman–Crippen MR) is 80.6 cm³/mol. The largest absolute Gasteiger partial charge is 0.389 e. The first-order valence-corrected chi connectivity index (χ1v) is 7.18. The zero-order chi connectivity index (χ0) is 14.0. The molecule has 0 saturated heterocycles. The van der Waals surface area contributed by atoms with E-state index in [0.717, 1.165) is 25.7 Å². The number of rotatable bonds is 3. The molecule has 0 amide bonds. The number of benzene rings is 1. The summed E-state index contributed by atoms with van der Waals surface area (Å²) in [4.78, 5) is 2.37. The lowest BCUT2D eigenvalue weighted by Crippen LogP contribution is -2.46. The van der Waals surface area contributed by atoms with Gasteiger partial charge in [-0.2, -0.15) is 0 Å². The first-order chi connectivity index (χ1) is 8.95. The van der Waals surface area contributed by atoms with Gasteiger partial charge in [-0.25, -0.2) is 0 Å². The molecule has 1 aromatic carbocycles. The molecule has 1 aliphatic rings. The third kappa shape index (κ3) is 3.10. The Kier molecular flexibility index (Phi) is 4.16. The molecule has 0 unspecified atom stereocenters. The van der Waals surface area contributed by atoms with E-state index in [1.54, 1.807) is 0 Å². The second kappa shape index (κ2) is 5.51. The lowest BCUT2D eigenvalue weighted by atomic mass is 9.81. The highest BCUT2D eigenvalue weighted by Crippen LogP contribution is 2.33. The molecule has 106 valence electrons. The molecule has 1 fully saturated rings. The molecule has 19 heavy (non-hydrogen) atoms. The Morgan fingerprint density at radius 2 is 1.95 bits per heavy atom. The third-order valence-electron chi connectivity index (χ3n) is 4.55. The molecule has 3 heteroatoms. The van der Waals surface area contributed by atoms with Crippen LogP contribution in [0.5, 0.6) is 0 Å². The summed E-state index contributed by atoms with van der Waals surface area (Å²) in [7, 11) is 2.16. The number of anilines is 1. The van der Waals surface area contributed by atoms with Crippen molar-refractivity contribution in [3.63, 3.8) is 0 Å². The van der Waals surface area contributed by atoms with Gasteiger partial charge in [-0.1, -0.05) is 17.7 Å². The smallest absolute Gasteiger partial charge is 0.0770 e. The zero-order valence-electron chi connectivity index (χ0n) is 12.3. The highest BCUT2D eigenvalue weighted by molar-refractivity contribution is 5.54. The van der Waals surface area contributed by atoms with Gasteiger partial charge in [0.05, 0.1) is 5.60 Å². The Morgan fingerprint density at radius 3 is 2.47 bits per heavy atom. The van der Waals surface area contributed by atoms with E-state index in [9.17, 15) is 5.11 Å². The van der Waals surface area contributed by atoms with E-state index in [4.69, 9.17) is 5.73 Å². The average Bonchev–Trinajstić information content (AvgIpc) is 2.39. The summed E-state index contributed by atoms with van der Waals surface area (Å²) in [5.74, 6) is 0. The van der Waals surface area contributed by atoms with Gasteiger partial charge < -0.3 is 15.7 Å². The van der Waals surface area contributed by atoms with Gasteiger partial charge in [0.25, 0.3) is 0 Å². The first-order valence-electron chi connectivity index (χ1n) is 7.18. The Labute approximate surface area is 116 Å². The highest BCUT2D eigenvalue weighted by atomic mass is 16.3. The summed E-state index contributed by atoms with van der Waals surface area (Å²) in [6.07, 6.45) is 3.64. The maximum atomic E-state index is 10.2. The van der Waals surface area contributed by atoms with Crippen molar-refractivity contribution in [3.05, 3.63) is 29.3 Å². The molecule has 1 saturated carbocycles. The summed E-state index contributed by atoms with van der Waals surface area (Å²) in [6.45, 7) is 4.67. The van der Waals surface area contributed by atoms with E-state index in [1.165, 1.54) is 16.8 Å². The van der Waals surface area contributed by atoms with Crippen molar-refractivity contribution in [1.82, 2.24) is 0 Å². The monoisotopic (exact) mass is 262 g/mol. The maximum absolute atomic E-state index is 10.2. The summed E-state index contributed by atoms with van der Waals surface area (Å²) in [6, 6.07) is 7.10. The molecule has 1 aromatic rings. The molecule has 0 bridgehead atoms. The fourth-order valence-corrected chi connectivity index (χ4v) is 3.13. The second-order valence-electron chi connectivity index (χ2n) is 6.06. The van der Waals surface area contributed by atoms with E-state index in [1.807, 2.05) is 0 Å². The standard InChI is InChI=1S/C16H26N2O/c1-12-4-5-15(13(2)10-12)18(3)14-6-8-16(19,11-17)9-7-14/h4-5,10,14,19H,6-9,11,17H2,1-3H3. The van der Waals surface area contributed by atoms with Crippen LogP contribution in [0.2, 0.25) is 0 Å². The maximum Gasteiger partial charge on any atom is 0.0770 e. The quantitative estimate of drug-likeness (QED) is 0.879. The van der Waals surface area contributed by atoms with Crippen LogP contribution in [0.3, 0.4) is 0 Å². The Balaban J connectivity index is 2.07. The lowest BCUT2D eigenvalue weighted by molar-refractivity contribution is 0.00799. The molecule has 0 heterocycles. The summed E-state index contributed by atoms with van der Waals surface area (Å²) in [5.41, 5.74) is 8.94. The minimum absolute atomic E-state index is 0.382. The minimum Gasteiger partial charge on any atom is -0.389 e. The first kappa shape index (κ1) is 14.4. The summed E-state index contributed by atoms with van der Waals surface area (Å²) < 4.78 is 0. The summed E-state index contributed by atoms with van der Waals surface area (Å²) >= 11 is 0. The van der Waals surface area contributed by atoms with E-state index >= 15 is 0 Å². The topological polar surface area (TPSA) is 49.5 Å². The van der Waals surface area contributed by atoms with Crippen LogP contribution in [-0.2, 0) is 0 Å². The van der Waals surface area contributed by atoms with Gasteiger partial charge in [0, 0.05) is 25.3 Å². The molecule has 0 aromatic heterocycles. The van der Waals surface area contributed by atoms with Crippen molar-refractivity contribution in [1.29, 1.82) is 0 Å². The second-order valence-corrected chi connectivity index (χ2v) is 6.06. The van der Waals surface area contributed by atoms with E-state index < -0.39 is 5.60 Å². The SMILES string of the molecule is Cc1ccc(N(C)C2CCC(O)(CN)CC2)c(C)c1. The molecule has 0 spiro atoms. The molecular formula is C16H26N2O. The highest BCUT2D eigenvalue weighted by Gasteiger charge is 2.33. The molecular weight excluding hydrogens is 236 g/mol. The van der Waals surface area contributed by atoms with Crippen LogP contribution in [0.15, 0.2) is 18.2 Å². The van der Waals surface area contributed by atoms with Crippen LogP contribution in [0, 0.1) is 13.8 Å². The van der Waals surface area contributed by atoms with E-state index in [2.05, 4.69) is 44.0 Å². The molecule has 0 atom stereocenters. The average molecular weight is 262 g/mol. The molecule has 2 rings (SSSR count). The van der Waals surface area contributed by atoms with Crippen LogP contribution < -0.4 is 10.6 Å². The van der Waals surface area contributed by atoms with Gasteiger partial charge in [0.2, 0.25) is 0 Å². The van der Waals surface area contributed by atoms with Crippen molar-refractivity contribution in [2.45, 2.75) is 51.2 Å². The van der Waals surface area contributed by atoms with Gasteiger partial charge in [-0.3, -0.25) is 0 Å². The van der Waals surface area contributed by atoms with Crippen LogP contribution >= 0.6 is 0 Å². The van der Waals surface area contributed by atoms with Gasteiger partial charge in [0.1, 0.15) is 0 Å². The van der Waals surface area contributed by atoms with Crippen molar-refractivity contribution < 1.29 is 5.11 Å². The van der Waals surface area contributed by atoms with Crippen LogP contribution in [0.4, 0.5) is 5.69 Å². The van der Waals surface area contributed by atoms with Gasteiger partial charge >= 0.3 is 0 Å². The summed E-state index contributed by atoms with van der Waals surface area (Å²) in [5, 5.41) is 10.2. The van der Waals surface area contributed by atoms with Crippen LogP contribution in [0.25, 0.3) is 0 Å². The van der Waals surface area contributed by atoms with Crippen molar-refractivity contribution in [3.8, 4) is 0 Å². The van der Waals surface area contributed by atoms with Gasteiger partial charge in [-0.15, -0.1) is 0 Å². The number of nitrogens with zero attached hydrogens (tertiary/aromatic N) is 1. The van der Waals surface area contributed by atoms with Crippen molar-refractivity contribution in [2.24, 2.45) is 5.73 Å². The molecule has 0 radical (unpaired) electrons. The van der Waals surface area contributed by atoms with Gasteiger partial charge in [-0.05, 0) is 51.2 Å². The number of hydrogen-bond acceptors (Lipinski definition) is 3. The van der Waals surface area contributed by atoms with Crippen molar-refractivity contribution in [2.75, 3.05) is 18.5 Å². The molecule has 3 nitrogen and oxygen atoms in total. The number of aryl methyl sites for hydroxylation is 2. The number of hydrogen-bond donors (Lipinski definition) is 2. The number of aliphatic hydroxyl groups is 1. The Hall–Kier alpha value is -1.06. The molecule has 3 N–H and O–H groups in total. The molecule has 0 aliphatic heterocycles. The lowest BCUT2D eigenvalue weighted by Gasteiger charge is -2.40. The Bertz CT molecular complexity index is 436. The predicted octanol–water partition coefficient (Wildman–Crippen LogP) is 2.37. The van der Waals surface area contributed by atoms with E-state index in [0.29, 0.717) is 12.6 Å². The number of nitrogens with two attached hydrogens (primary N) is 1.